The van der Waals surface area contributed by atoms with E-state index in [1.807, 2.05) is 4.90 Å². The van der Waals surface area contributed by atoms with Crippen molar-refractivity contribution in [1.82, 2.24) is 30.5 Å². The number of aliphatic carboxylic acids is 2. The van der Waals surface area contributed by atoms with E-state index in [-0.39, 0.29) is 88.0 Å². The molecular formula is C46H80N6O20P2. The molecule has 0 unspecified atom stereocenters. The molecule has 2 amide bonds. The van der Waals surface area contributed by atoms with Crippen LogP contribution in [0.2, 0.25) is 0 Å². The highest BCUT2D eigenvalue weighted by Crippen LogP contribution is 2.42. The lowest BCUT2D eigenvalue weighted by Crippen LogP contribution is -2.35. The zero-order chi connectivity index (χ0) is 54.1. The molecule has 0 radical (unpaired) electrons. The van der Waals surface area contributed by atoms with Crippen LogP contribution in [0, 0.1) is 0 Å². The van der Waals surface area contributed by atoms with E-state index in [0.717, 1.165) is 12.8 Å². The molecule has 0 spiro atoms. The molecule has 0 fully saturated rings. The van der Waals surface area contributed by atoms with Crippen molar-refractivity contribution in [2.45, 2.75) is 89.6 Å². The first kappa shape index (κ1) is 66.3. The van der Waals surface area contributed by atoms with Crippen molar-refractivity contribution < 1.29 is 96.0 Å². The lowest BCUT2D eigenvalue weighted by atomic mass is 10.1. The van der Waals surface area contributed by atoms with Crippen LogP contribution in [-0.4, -0.2) is 205 Å². The van der Waals surface area contributed by atoms with Gasteiger partial charge in [-0.1, -0.05) is 23.4 Å². The highest BCUT2D eigenvalue weighted by atomic mass is 31.2. The molecule has 0 bridgehead atoms. The average Bonchev–Trinajstić information content (AvgIpc) is 3.76. The van der Waals surface area contributed by atoms with Gasteiger partial charge in [-0.2, -0.15) is 0 Å². The summed E-state index contributed by atoms with van der Waals surface area (Å²) in [7, 11) is -8.97. The van der Waals surface area contributed by atoms with Gasteiger partial charge in [0.2, 0.25) is 11.8 Å². The predicted octanol–water partition coefficient (Wildman–Crippen LogP) is 1.92. The summed E-state index contributed by atoms with van der Waals surface area (Å²) in [4.78, 5) is 86.7. The Morgan fingerprint density at radius 2 is 0.838 bits per heavy atom. The number of aromatic nitrogens is 3. The predicted molar refractivity (Wildman–Crippen MR) is 266 cm³/mol. The first-order chi connectivity index (χ1) is 35.5. The van der Waals surface area contributed by atoms with Gasteiger partial charge in [0.15, 0.2) is 0 Å². The molecule has 0 aliphatic carbocycles. The smallest absolute Gasteiger partial charge is 0.329 e. The van der Waals surface area contributed by atoms with Gasteiger partial charge in [0.1, 0.15) is 0 Å². The van der Waals surface area contributed by atoms with Gasteiger partial charge in [-0.15, -0.1) is 5.10 Å². The van der Waals surface area contributed by atoms with E-state index in [4.69, 9.17) is 48.1 Å². The van der Waals surface area contributed by atoms with Crippen LogP contribution < -0.4 is 10.6 Å². The number of nitrogens with zero attached hydrogens (tertiary/aromatic N) is 4. The van der Waals surface area contributed by atoms with Gasteiger partial charge in [-0.05, 0) is 55.2 Å². The molecule has 26 nitrogen and oxygen atoms in total. The van der Waals surface area contributed by atoms with Crippen LogP contribution in [-0.2, 0) is 91.6 Å². The number of carboxylic acid groups (broad SMARTS) is 2. The molecule has 0 aliphatic rings. The Hall–Kier alpha value is -3.82. The maximum absolute atomic E-state index is 12.9. The summed E-state index contributed by atoms with van der Waals surface area (Å²) in [5, 5.41) is 31.3. The first-order valence-corrected chi connectivity index (χ1v) is 28.5. The summed E-state index contributed by atoms with van der Waals surface area (Å²) in [6.07, 6.45) is 4.81. The largest absolute Gasteiger partial charge is 0.481 e. The minimum atomic E-state index is -4.49. The van der Waals surface area contributed by atoms with Crippen LogP contribution in [0.3, 0.4) is 0 Å². The molecule has 1 aromatic heterocycles. The summed E-state index contributed by atoms with van der Waals surface area (Å²) >= 11 is 0. The van der Waals surface area contributed by atoms with Gasteiger partial charge < -0.3 is 78.3 Å². The summed E-state index contributed by atoms with van der Waals surface area (Å²) < 4.78 is 68.9. The van der Waals surface area contributed by atoms with Gasteiger partial charge in [-0.3, -0.25) is 33.2 Å². The number of nitrogens with one attached hydrogen (secondary N) is 2. The molecule has 0 saturated carbocycles. The Labute approximate surface area is 432 Å². The number of benzene rings is 1. The number of carbonyl (C=O) groups is 4. The zero-order valence-electron chi connectivity index (χ0n) is 42.4. The number of amides is 2. The molecular weight excluding hydrogens is 1020 g/mol. The molecule has 28 heteroatoms. The van der Waals surface area contributed by atoms with Crippen molar-refractivity contribution in [2.24, 2.45) is 0 Å². The van der Waals surface area contributed by atoms with Crippen molar-refractivity contribution in [1.29, 1.82) is 0 Å². The molecule has 424 valence electrons. The summed E-state index contributed by atoms with van der Waals surface area (Å²) in [5.41, 5.74) is 1.42. The first-order valence-electron chi connectivity index (χ1n) is 24.9. The number of ether oxygens (including phenoxy) is 8. The van der Waals surface area contributed by atoms with Gasteiger partial charge >= 0.3 is 27.1 Å². The molecule has 1 aromatic carbocycles. The normalized spacial score (nSPS) is 11.9. The quantitative estimate of drug-likeness (QED) is 0.0346. The van der Waals surface area contributed by atoms with Crippen molar-refractivity contribution in [3.05, 3.63) is 46.8 Å². The van der Waals surface area contributed by atoms with Gasteiger partial charge in [0.05, 0.1) is 70.0 Å². The van der Waals surface area contributed by atoms with E-state index < -0.39 is 39.5 Å². The molecule has 0 aliphatic heterocycles. The molecule has 2 aromatic rings. The topological polar surface area (TPSA) is 356 Å². The minimum absolute atomic E-state index is 0.0154. The van der Waals surface area contributed by atoms with E-state index in [2.05, 4.69) is 20.9 Å². The second-order valence-corrected chi connectivity index (χ2v) is 20.3. The van der Waals surface area contributed by atoms with Crippen molar-refractivity contribution in [3.63, 3.8) is 0 Å². The van der Waals surface area contributed by atoms with Gasteiger partial charge in [-0.25, -0.2) is 4.68 Å². The molecule has 0 atom stereocenters. The Bertz CT molecular complexity index is 1830. The maximum atomic E-state index is 12.9. The SMILES string of the molecule is O=C(O)CCOCCCOCCCOCCCOCCNC(=O)CCN(CCC(=O)NCCOCCCOCCCOCCCOCCC(=O)O)Cc1cn(Cc2cc(CP(=O)(O)O)cc(CP(=O)(O)O)c2)nn1. The number of carboxylic acids is 2. The van der Waals surface area contributed by atoms with Crippen LogP contribution in [0.4, 0.5) is 0 Å². The standard InChI is InChI=1S/C46H80N6O20P2/c53-43(47-11-29-71-25-5-21-67-17-1-15-65-19-3-23-69-27-9-45(55)56)7-13-51(14-8-44(54)48-12-30-72-26-6-22-68-18-2-16-66-20-4-24-70-28-10-46(57)58)35-42-36-52(50-49-42)34-39-31-40(37-73(59,60)61)33-41(32-39)38-74(62,63)64/h31-33,36H,1-30,34-35,37-38H2,(H,47,53)(H,48,54)(H,55,56)(H,57,58)(H2,59,60,61)(H2,62,63,64). The average molecular weight is 1100 g/mol. The van der Waals surface area contributed by atoms with Crippen LogP contribution in [0.1, 0.15) is 86.6 Å². The fourth-order valence-corrected chi connectivity index (χ4v) is 8.01. The molecule has 1 heterocycles. The third kappa shape index (κ3) is 40.5. The van der Waals surface area contributed by atoms with Crippen LogP contribution in [0.15, 0.2) is 24.4 Å². The second-order valence-electron chi connectivity index (χ2n) is 17.0. The van der Waals surface area contributed by atoms with Crippen molar-refractivity contribution in [3.8, 4) is 0 Å². The molecule has 0 saturated heterocycles. The van der Waals surface area contributed by atoms with E-state index in [0.29, 0.717) is 143 Å². The fraction of sp³-hybridized carbons (Fsp3) is 0.739. The van der Waals surface area contributed by atoms with Crippen molar-refractivity contribution >= 4 is 38.9 Å². The third-order valence-corrected chi connectivity index (χ3v) is 11.6. The number of rotatable bonds is 50. The minimum Gasteiger partial charge on any atom is -0.481 e. The van der Waals surface area contributed by atoms with Gasteiger partial charge in [0.25, 0.3) is 0 Å². The van der Waals surface area contributed by atoms with E-state index in [1.165, 1.54) is 22.9 Å². The lowest BCUT2D eigenvalue weighted by molar-refractivity contribution is -0.139. The Morgan fingerprint density at radius 1 is 0.500 bits per heavy atom. The Morgan fingerprint density at radius 3 is 1.19 bits per heavy atom. The highest BCUT2D eigenvalue weighted by Gasteiger charge is 2.20. The third-order valence-electron chi connectivity index (χ3n) is 10.0. The molecule has 74 heavy (non-hydrogen) atoms. The van der Waals surface area contributed by atoms with E-state index >= 15 is 0 Å². The number of carbonyl (C=O) groups excluding carboxylic acids is 2. The second kappa shape index (κ2) is 41.4. The van der Waals surface area contributed by atoms with Gasteiger partial charge in [0, 0.05) is 125 Å². The molecule has 8 N–H and O–H groups in total. The number of hydrogen-bond donors (Lipinski definition) is 8. The fourth-order valence-electron chi connectivity index (χ4n) is 6.70. The highest BCUT2D eigenvalue weighted by molar-refractivity contribution is 7.51. The lowest BCUT2D eigenvalue weighted by Gasteiger charge is -2.21. The molecule has 2 rings (SSSR count). The van der Waals surface area contributed by atoms with Crippen LogP contribution in [0.25, 0.3) is 0 Å². The zero-order valence-corrected chi connectivity index (χ0v) is 44.2. The Balaban J connectivity index is 1.75. The summed E-state index contributed by atoms with van der Waals surface area (Å²) in [6, 6.07) is 4.41. The maximum Gasteiger partial charge on any atom is 0.329 e. The summed E-state index contributed by atoms with van der Waals surface area (Å²) in [6.45, 7) is 8.53. The van der Waals surface area contributed by atoms with Crippen molar-refractivity contribution in [2.75, 3.05) is 132 Å². The van der Waals surface area contributed by atoms with Crippen LogP contribution in [0.5, 0.6) is 0 Å². The Kier molecular flexibility index (Phi) is 37.0. The van der Waals surface area contributed by atoms with Crippen LogP contribution >= 0.6 is 15.2 Å². The van der Waals surface area contributed by atoms with E-state index in [1.54, 1.807) is 6.20 Å². The number of hydrogen-bond acceptors (Lipinski definition) is 17. The summed E-state index contributed by atoms with van der Waals surface area (Å²) in [5.74, 6) is -2.21. The monoisotopic (exact) mass is 1100 g/mol. The van der Waals surface area contributed by atoms with E-state index in [9.17, 15) is 47.9 Å².